The first kappa shape index (κ1) is 20.7. The number of hydrogen-bond donors (Lipinski definition) is 1. The van der Waals surface area contributed by atoms with E-state index in [1.165, 1.54) is 30.5 Å². The maximum absolute atomic E-state index is 13.0. The fourth-order valence-corrected chi connectivity index (χ4v) is 3.87. The molecule has 8 heteroatoms. The van der Waals surface area contributed by atoms with E-state index < -0.39 is 0 Å². The molecule has 3 heterocycles. The number of aromatic nitrogens is 2. The molecule has 0 spiro atoms. The average molecular weight is 422 g/mol. The van der Waals surface area contributed by atoms with E-state index in [9.17, 15) is 14.0 Å². The quantitative estimate of drug-likeness (QED) is 0.684. The lowest BCUT2D eigenvalue weighted by atomic mass is 9.93. The van der Waals surface area contributed by atoms with Crippen molar-refractivity contribution in [2.24, 2.45) is 0 Å². The largest absolute Gasteiger partial charge is 0.361 e. The zero-order chi connectivity index (χ0) is 22.0. The first-order chi connectivity index (χ1) is 14.9. The minimum absolute atomic E-state index is 0.0729. The summed E-state index contributed by atoms with van der Waals surface area (Å²) in [6.07, 6.45) is 3.32. The van der Waals surface area contributed by atoms with Crippen molar-refractivity contribution in [1.82, 2.24) is 15.0 Å². The van der Waals surface area contributed by atoms with Gasteiger partial charge in [0, 0.05) is 36.6 Å². The van der Waals surface area contributed by atoms with Crippen molar-refractivity contribution in [3.63, 3.8) is 0 Å². The molecule has 0 radical (unpaired) electrons. The standard InChI is InChI=1S/C23H23FN4O3/c1-14-21(15(2)31-27-14)23(30)28-11-3-4-17(13-28)20-10-5-16(12-25-20)22(29)26-19-8-6-18(24)7-9-19/h5-10,12,17H,3-4,11,13H2,1-2H3,(H,26,29)/t17-/m0/s1. The fraction of sp³-hybridized carbons (Fsp3) is 0.304. The molecule has 1 N–H and O–H groups in total. The predicted octanol–water partition coefficient (Wildman–Crippen LogP) is 4.10. The van der Waals surface area contributed by atoms with Crippen molar-refractivity contribution in [2.45, 2.75) is 32.6 Å². The molecule has 0 unspecified atom stereocenters. The Hall–Kier alpha value is -3.55. The number of benzene rings is 1. The summed E-state index contributed by atoms with van der Waals surface area (Å²) in [4.78, 5) is 31.7. The van der Waals surface area contributed by atoms with Crippen LogP contribution in [0.3, 0.4) is 0 Å². The van der Waals surface area contributed by atoms with Crippen molar-refractivity contribution in [3.05, 3.63) is 76.7 Å². The maximum Gasteiger partial charge on any atom is 0.259 e. The van der Waals surface area contributed by atoms with Gasteiger partial charge < -0.3 is 14.7 Å². The van der Waals surface area contributed by atoms with Gasteiger partial charge in [0.1, 0.15) is 17.1 Å². The van der Waals surface area contributed by atoms with Crippen molar-refractivity contribution in [2.75, 3.05) is 18.4 Å². The third-order valence-electron chi connectivity index (χ3n) is 5.52. The molecule has 0 aliphatic carbocycles. The van der Waals surface area contributed by atoms with E-state index in [1.54, 1.807) is 19.9 Å². The minimum atomic E-state index is -0.363. The normalized spacial score (nSPS) is 16.2. The molecular weight excluding hydrogens is 399 g/mol. The van der Waals surface area contributed by atoms with Gasteiger partial charge in [0.25, 0.3) is 11.8 Å². The molecule has 1 aliphatic heterocycles. The number of aryl methyl sites for hydroxylation is 2. The van der Waals surface area contributed by atoms with Crippen LogP contribution in [-0.4, -0.2) is 39.9 Å². The van der Waals surface area contributed by atoms with Crippen molar-refractivity contribution >= 4 is 17.5 Å². The van der Waals surface area contributed by atoms with Crippen LogP contribution in [0.15, 0.2) is 47.1 Å². The van der Waals surface area contributed by atoms with Crippen molar-refractivity contribution < 1.29 is 18.5 Å². The number of hydrogen-bond acceptors (Lipinski definition) is 5. The molecule has 1 atom stereocenters. The predicted molar refractivity (Wildman–Crippen MR) is 112 cm³/mol. The number of carbonyl (C=O) groups excluding carboxylic acids is 2. The third-order valence-corrected chi connectivity index (χ3v) is 5.52. The van der Waals surface area contributed by atoms with Gasteiger partial charge in [-0.15, -0.1) is 0 Å². The van der Waals surface area contributed by atoms with Crippen LogP contribution in [0.25, 0.3) is 0 Å². The number of carbonyl (C=O) groups is 2. The molecule has 4 rings (SSSR count). The first-order valence-electron chi connectivity index (χ1n) is 10.2. The molecule has 2 amide bonds. The number of amides is 2. The van der Waals surface area contributed by atoms with Crippen LogP contribution < -0.4 is 5.32 Å². The van der Waals surface area contributed by atoms with E-state index in [0.717, 1.165) is 18.5 Å². The van der Waals surface area contributed by atoms with Crippen LogP contribution in [0, 0.1) is 19.7 Å². The summed E-state index contributed by atoms with van der Waals surface area (Å²) < 4.78 is 18.1. The van der Waals surface area contributed by atoms with Crippen LogP contribution in [0.5, 0.6) is 0 Å². The minimum Gasteiger partial charge on any atom is -0.361 e. The van der Waals surface area contributed by atoms with Gasteiger partial charge in [0.05, 0.1) is 11.3 Å². The molecule has 7 nitrogen and oxygen atoms in total. The Kier molecular flexibility index (Phi) is 5.79. The van der Waals surface area contributed by atoms with Gasteiger partial charge in [0.2, 0.25) is 0 Å². The highest BCUT2D eigenvalue weighted by molar-refractivity contribution is 6.04. The molecule has 31 heavy (non-hydrogen) atoms. The van der Waals surface area contributed by atoms with Gasteiger partial charge in [-0.25, -0.2) is 4.39 Å². The Morgan fingerprint density at radius 1 is 1.16 bits per heavy atom. The maximum atomic E-state index is 13.0. The van der Waals surface area contributed by atoms with E-state index in [0.29, 0.717) is 41.4 Å². The zero-order valence-corrected chi connectivity index (χ0v) is 17.4. The van der Waals surface area contributed by atoms with Gasteiger partial charge in [0.15, 0.2) is 0 Å². The molecule has 160 valence electrons. The van der Waals surface area contributed by atoms with Crippen LogP contribution >= 0.6 is 0 Å². The Morgan fingerprint density at radius 2 is 1.94 bits per heavy atom. The summed E-state index contributed by atoms with van der Waals surface area (Å²) in [5.41, 5.74) is 2.89. The Morgan fingerprint density at radius 3 is 2.58 bits per heavy atom. The van der Waals surface area contributed by atoms with Crippen LogP contribution in [0.1, 0.15) is 56.6 Å². The summed E-state index contributed by atoms with van der Waals surface area (Å²) in [7, 11) is 0. The Bertz CT molecular complexity index is 1070. The number of piperidine rings is 1. The molecule has 0 bridgehead atoms. The van der Waals surface area contributed by atoms with Crippen molar-refractivity contribution in [3.8, 4) is 0 Å². The highest BCUT2D eigenvalue weighted by Gasteiger charge is 2.29. The molecule has 0 saturated carbocycles. The summed E-state index contributed by atoms with van der Waals surface area (Å²) in [5.74, 6) is -0.134. The topological polar surface area (TPSA) is 88.3 Å². The second-order valence-electron chi connectivity index (χ2n) is 7.72. The van der Waals surface area contributed by atoms with E-state index in [1.807, 2.05) is 11.0 Å². The summed E-state index contributed by atoms with van der Waals surface area (Å²) in [6.45, 7) is 4.74. The second-order valence-corrected chi connectivity index (χ2v) is 7.72. The smallest absolute Gasteiger partial charge is 0.259 e. The van der Waals surface area contributed by atoms with Gasteiger partial charge in [-0.1, -0.05) is 5.16 Å². The van der Waals surface area contributed by atoms with E-state index >= 15 is 0 Å². The molecule has 3 aromatic rings. The number of anilines is 1. The number of likely N-dealkylation sites (tertiary alicyclic amines) is 1. The highest BCUT2D eigenvalue weighted by Crippen LogP contribution is 2.28. The third kappa shape index (κ3) is 4.47. The van der Waals surface area contributed by atoms with Crippen LogP contribution in [-0.2, 0) is 0 Å². The monoisotopic (exact) mass is 422 g/mol. The van der Waals surface area contributed by atoms with Gasteiger partial charge in [-0.2, -0.15) is 0 Å². The Balaban J connectivity index is 1.43. The lowest BCUT2D eigenvalue weighted by Gasteiger charge is -2.32. The summed E-state index contributed by atoms with van der Waals surface area (Å²) in [6, 6.07) is 9.12. The first-order valence-corrected chi connectivity index (χ1v) is 10.2. The molecule has 1 fully saturated rings. The van der Waals surface area contributed by atoms with E-state index in [4.69, 9.17) is 4.52 Å². The molecule has 2 aromatic heterocycles. The molecule has 1 saturated heterocycles. The van der Waals surface area contributed by atoms with Crippen molar-refractivity contribution in [1.29, 1.82) is 0 Å². The number of halogens is 1. The summed E-state index contributed by atoms with van der Waals surface area (Å²) in [5, 5.41) is 6.60. The van der Waals surface area contributed by atoms with Gasteiger partial charge in [-0.3, -0.25) is 14.6 Å². The summed E-state index contributed by atoms with van der Waals surface area (Å²) >= 11 is 0. The SMILES string of the molecule is Cc1noc(C)c1C(=O)N1CCC[C@H](c2ccc(C(=O)Nc3ccc(F)cc3)cn2)C1. The Labute approximate surface area is 179 Å². The fourth-order valence-electron chi connectivity index (χ4n) is 3.87. The number of rotatable bonds is 4. The van der Waals surface area contributed by atoms with Crippen LogP contribution in [0.2, 0.25) is 0 Å². The molecule has 1 aromatic carbocycles. The van der Waals surface area contributed by atoms with Gasteiger partial charge >= 0.3 is 0 Å². The highest BCUT2D eigenvalue weighted by atomic mass is 19.1. The van der Waals surface area contributed by atoms with Crippen LogP contribution in [0.4, 0.5) is 10.1 Å². The molecule has 1 aliphatic rings. The van der Waals surface area contributed by atoms with E-state index in [2.05, 4.69) is 15.5 Å². The average Bonchev–Trinajstić information content (AvgIpc) is 3.13. The molecular formula is C23H23FN4O3. The lowest BCUT2D eigenvalue weighted by molar-refractivity contribution is 0.0703. The lowest BCUT2D eigenvalue weighted by Crippen LogP contribution is -2.39. The van der Waals surface area contributed by atoms with E-state index in [-0.39, 0.29) is 23.5 Å². The number of pyridine rings is 1. The number of nitrogens with one attached hydrogen (secondary N) is 1. The van der Waals surface area contributed by atoms with Gasteiger partial charge in [-0.05, 0) is 63.1 Å². The number of nitrogens with zero attached hydrogens (tertiary/aromatic N) is 3. The second kappa shape index (κ2) is 8.67. The zero-order valence-electron chi connectivity index (χ0n) is 17.4.